The fraction of sp³-hybridized carbons (Fsp3) is 0.286. The zero-order valence-electron chi connectivity index (χ0n) is 14.9. The molecule has 0 bridgehead atoms. The highest BCUT2D eigenvalue weighted by Gasteiger charge is 2.12. The molecule has 0 aliphatic heterocycles. The zero-order valence-corrected chi connectivity index (χ0v) is 14.9. The number of nitrogens with one attached hydrogen (secondary N) is 2. The monoisotopic (exact) mass is 370 g/mol. The third kappa shape index (κ3) is 4.93. The van der Waals surface area contributed by atoms with Crippen LogP contribution in [0.15, 0.2) is 48.7 Å². The third-order valence-corrected chi connectivity index (χ3v) is 4.53. The van der Waals surface area contributed by atoms with E-state index in [1.165, 1.54) is 12.1 Å². The molecule has 6 heteroatoms. The van der Waals surface area contributed by atoms with E-state index in [0.717, 1.165) is 27.6 Å². The van der Waals surface area contributed by atoms with E-state index in [9.17, 15) is 14.3 Å². The standard InChI is InChI=1S/C21H23FN2O3/c22-17-6-3-14(4-7-17)15-5-8-20-19(10-15)16(12-23-20)11-21(27)24-13-18(26)2-1-9-25/h3-8,10,12,18,23,25-26H,1-2,9,11,13H2,(H,24,27). The molecule has 0 saturated carbocycles. The van der Waals surface area contributed by atoms with Gasteiger partial charge in [-0.3, -0.25) is 4.79 Å². The fourth-order valence-corrected chi connectivity index (χ4v) is 3.04. The van der Waals surface area contributed by atoms with Gasteiger partial charge in [-0.25, -0.2) is 4.39 Å². The van der Waals surface area contributed by atoms with Gasteiger partial charge in [-0.15, -0.1) is 0 Å². The van der Waals surface area contributed by atoms with E-state index in [-0.39, 0.29) is 31.3 Å². The van der Waals surface area contributed by atoms with Crippen molar-refractivity contribution in [1.29, 1.82) is 0 Å². The molecule has 3 rings (SSSR count). The van der Waals surface area contributed by atoms with Crippen molar-refractivity contribution >= 4 is 16.8 Å². The molecular weight excluding hydrogens is 347 g/mol. The molecule has 3 aromatic rings. The van der Waals surface area contributed by atoms with Gasteiger partial charge in [0, 0.05) is 30.3 Å². The van der Waals surface area contributed by atoms with Crippen molar-refractivity contribution in [2.75, 3.05) is 13.2 Å². The minimum atomic E-state index is -0.658. The summed E-state index contributed by atoms with van der Waals surface area (Å²) in [6, 6.07) is 12.2. The van der Waals surface area contributed by atoms with E-state index in [1.54, 1.807) is 18.3 Å². The highest BCUT2D eigenvalue weighted by molar-refractivity contribution is 5.91. The summed E-state index contributed by atoms with van der Waals surface area (Å²) < 4.78 is 13.1. The summed E-state index contributed by atoms with van der Waals surface area (Å²) in [5.41, 5.74) is 3.63. The van der Waals surface area contributed by atoms with Crippen LogP contribution in [0.4, 0.5) is 4.39 Å². The summed E-state index contributed by atoms with van der Waals surface area (Å²) in [5.74, 6) is -0.453. The van der Waals surface area contributed by atoms with Crippen LogP contribution in [0, 0.1) is 5.82 Å². The normalized spacial score (nSPS) is 12.3. The molecule has 1 atom stereocenters. The molecule has 1 heterocycles. The summed E-state index contributed by atoms with van der Waals surface area (Å²) in [7, 11) is 0. The number of aromatic amines is 1. The average molecular weight is 370 g/mol. The van der Waals surface area contributed by atoms with Crippen LogP contribution >= 0.6 is 0 Å². The summed E-state index contributed by atoms with van der Waals surface area (Å²) in [6.45, 7) is 0.193. The predicted molar refractivity (Wildman–Crippen MR) is 103 cm³/mol. The Balaban J connectivity index is 1.70. The van der Waals surface area contributed by atoms with Crippen molar-refractivity contribution in [3.63, 3.8) is 0 Å². The van der Waals surface area contributed by atoms with Crippen molar-refractivity contribution < 1.29 is 19.4 Å². The fourth-order valence-electron chi connectivity index (χ4n) is 3.04. The van der Waals surface area contributed by atoms with Gasteiger partial charge in [0.1, 0.15) is 5.82 Å². The largest absolute Gasteiger partial charge is 0.396 e. The first kappa shape index (κ1) is 19.1. The number of fused-ring (bicyclic) bond motifs is 1. The maximum absolute atomic E-state index is 13.1. The lowest BCUT2D eigenvalue weighted by molar-refractivity contribution is -0.120. The van der Waals surface area contributed by atoms with Crippen LogP contribution in [0.2, 0.25) is 0 Å². The molecule has 2 aromatic carbocycles. The van der Waals surface area contributed by atoms with Crippen LogP contribution < -0.4 is 5.32 Å². The Morgan fingerprint density at radius 2 is 1.89 bits per heavy atom. The lowest BCUT2D eigenvalue weighted by Gasteiger charge is -2.11. The number of hydrogen-bond acceptors (Lipinski definition) is 3. The minimum Gasteiger partial charge on any atom is -0.396 e. The number of hydrogen-bond donors (Lipinski definition) is 4. The molecule has 0 fully saturated rings. The van der Waals surface area contributed by atoms with Gasteiger partial charge in [0.05, 0.1) is 12.5 Å². The lowest BCUT2D eigenvalue weighted by Crippen LogP contribution is -2.33. The first-order valence-corrected chi connectivity index (χ1v) is 8.98. The molecule has 0 saturated heterocycles. The van der Waals surface area contributed by atoms with Gasteiger partial charge in [0.15, 0.2) is 0 Å². The van der Waals surface area contributed by atoms with Gasteiger partial charge in [-0.1, -0.05) is 18.2 Å². The Hall–Kier alpha value is -2.70. The second kappa shape index (κ2) is 8.79. The van der Waals surface area contributed by atoms with E-state index >= 15 is 0 Å². The van der Waals surface area contributed by atoms with Crippen LogP contribution in [0.3, 0.4) is 0 Å². The van der Waals surface area contributed by atoms with E-state index in [0.29, 0.717) is 12.8 Å². The third-order valence-electron chi connectivity index (χ3n) is 4.53. The molecular formula is C21H23FN2O3. The van der Waals surface area contributed by atoms with Crippen molar-refractivity contribution in [1.82, 2.24) is 10.3 Å². The highest BCUT2D eigenvalue weighted by Crippen LogP contribution is 2.26. The minimum absolute atomic E-state index is 0.0245. The van der Waals surface area contributed by atoms with Gasteiger partial charge < -0.3 is 20.5 Å². The molecule has 0 radical (unpaired) electrons. The van der Waals surface area contributed by atoms with E-state index in [2.05, 4.69) is 10.3 Å². The molecule has 0 aliphatic rings. The Bertz CT molecular complexity index is 905. The average Bonchev–Trinajstić information content (AvgIpc) is 3.07. The number of amides is 1. The van der Waals surface area contributed by atoms with Crippen LogP contribution in [0.5, 0.6) is 0 Å². The topological polar surface area (TPSA) is 85.4 Å². The van der Waals surface area contributed by atoms with Crippen molar-refractivity contribution in [2.24, 2.45) is 0 Å². The number of halogens is 1. The molecule has 4 N–H and O–H groups in total. The van der Waals surface area contributed by atoms with E-state index in [1.807, 2.05) is 18.2 Å². The number of rotatable bonds is 8. The van der Waals surface area contributed by atoms with Gasteiger partial charge in [0.2, 0.25) is 5.91 Å². The number of H-pyrrole nitrogens is 1. The lowest BCUT2D eigenvalue weighted by atomic mass is 10.0. The number of benzene rings is 2. The molecule has 142 valence electrons. The molecule has 1 amide bonds. The Morgan fingerprint density at radius 3 is 2.63 bits per heavy atom. The molecule has 5 nitrogen and oxygen atoms in total. The Morgan fingerprint density at radius 1 is 1.15 bits per heavy atom. The quantitative estimate of drug-likeness (QED) is 0.492. The molecule has 1 aromatic heterocycles. The Kier molecular flexibility index (Phi) is 6.21. The van der Waals surface area contributed by atoms with Crippen LogP contribution in [0.25, 0.3) is 22.0 Å². The predicted octanol–water partition coefficient (Wildman–Crippen LogP) is 2.77. The van der Waals surface area contributed by atoms with Crippen LogP contribution in [-0.2, 0) is 11.2 Å². The summed E-state index contributed by atoms with van der Waals surface area (Å²) in [5, 5.41) is 22.2. The zero-order chi connectivity index (χ0) is 19.2. The van der Waals surface area contributed by atoms with Crippen molar-refractivity contribution in [3.05, 3.63) is 60.0 Å². The highest BCUT2D eigenvalue weighted by atomic mass is 19.1. The number of carbonyl (C=O) groups excluding carboxylic acids is 1. The van der Waals surface area contributed by atoms with Gasteiger partial charge in [-0.05, 0) is 53.8 Å². The molecule has 1 unspecified atom stereocenters. The SMILES string of the molecule is O=C(Cc1c[nH]c2ccc(-c3ccc(F)cc3)cc12)NCC(O)CCCO. The van der Waals surface area contributed by atoms with Gasteiger partial charge in [0.25, 0.3) is 0 Å². The summed E-state index contributed by atoms with van der Waals surface area (Å²) in [6.07, 6.45) is 2.30. The second-order valence-electron chi connectivity index (χ2n) is 6.58. The summed E-state index contributed by atoms with van der Waals surface area (Å²) in [4.78, 5) is 15.4. The van der Waals surface area contributed by atoms with Crippen LogP contribution in [-0.4, -0.2) is 40.4 Å². The van der Waals surface area contributed by atoms with Crippen molar-refractivity contribution in [3.8, 4) is 11.1 Å². The van der Waals surface area contributed by atoms with E-state index < -0.39 is 6.10 Å². The second-order valence-corrected chi connectivity index (χ2v) is 6.58. The Labute approximate surface area is 156 Å². The maximum Gasteiger partial charge on any atom is 0.224 e. The van der Waals surface area contributed by atoms with Gasteiger partial charge >= 0.3 is 0 Å². The molecule has 0 aliphatic carbocycles. The number of aliphatic hydroxyl groups excluding tert-OH is 2. The first-order chi connectivity index (χ1) is 13.1. The molecule has 27 heavy (non-hydrogen) atoms. The maximum atomic E-state index is 13.1. The summed E-state index contributed by atoms with van der Waals surface area (Å²) >= 11 is 0. The number of aliphatic hydroxyl groups is 2. The van der Waals surface area contributed by atoms with Gasteiger partial charge in [-0.2, -0.15) is 0 Å². The first-order valence-electron chi connectivity index (χ1n) is 8.98. The number of carbonyl (C=O) groups is 1. The number of aromatic nitrogens is 1. The molecule has 0 spiro atoms. The van der Waals surface area contributed by atoms with Crippen molar-refractivity contribution in [2.45, 2.75) is 25.4 Å². The smallest absolute Gasteiger partial charge is 0.224 e. The van der Waals surface area contributed by atoms with Crippen LogP contribution in [0.1, 0.15) is 18.4 Å². The van der Waals surface area contributed by atoms with E-state index in [4.69, 9.17) is 5.11 Å².